The Hall–Kier alpha value is -1.78. The van der Waals surface area contributed by atoms with Gasteiger partial charge in [-0.3, -0.25) is 4.79 Å². The lowest BCUT2D eigenvalue weighted by Crippen LogP contribution is -2.28. The minimum absolute atomic E-state index is 0.0223. The van der Waals surface area contributed by atoms with Crippen LogP contribution >= 0.6 is 15.9 Å². The molecule has 0 atom stereocenters. The molecule has 0 fully saturated rings. The lowest BCUT2D eigenvalue weighted by molar-refractivity contribution is -0.141. The van der Waals surface area contributed by atoms with Gasteiger partial charge in [-0.25, -0.2) is 4.79 Å². The molecule has 5 nitrogen and oxygen atoms in total. The molecule has 0 N–H and O–H groups in total. The van der Waals surface area contributed by atoms with Crippen LogP contribution in [0.5, 0.6) is 0 Å². The van der Waals surface area contributed by atoms with Crippen molar-refractivity contribution < 1.29 is 19.1 Å². The first-order valence-electron chi connectivity index (χ1n) is 5.25. The summed E-state index contributed by atoms with van der Waals surface area (Å²) in [6.07, 6.45) is -0.0223. The SMILES string of the molecule is CCOC(=O)C(=[N+]=[N-])C(=O)Cc1ccc(Br)cc1. The van der Waals surface area contributed by atoms with Gasteiger partial charge in [0.25, 0.3) is 5.78 Å². The van der Waals surface area contributed by atoms with Crippen molar-refractivity contribution in [3.05, 3.63) is 39.8 Å². The van der Waals surface area contributed by atoms with Gasteiger partial charge < -0.3 is 10.3 Å². The first-order chi connectivity index (χ1) is 8.58. The predicted octanol–water partition coefficient (Wildman–Crippen LogP) is 1.79. The highest BCUT2D eigenvalue weighted by Crippen LogP contribution is 2.11. The van der Waals surface area contributed by atoms with Crippen LogP contribution in [-0.4, -0.2) is 28.9 Å². The summed E-state index contributed by atoms with van der Waals surface area (Å²) in [7, 11) is 0. The van der Waals surface area contributed by atoms with E-state index in [1.165, 1.54) is 0 Å². The Morgan fingerprint density at radius 2 is 1.94 bits per heavy atom. The maximum Gasteiger partial charge on any atom is 0.441 e. The molecule has 0 spiro atoms. The van der Waals surface area contributed by atoms with Gasteiger partial charge in [0.1, 0.15) is 0 Å². The lowest BCUT2D eigenvalue weighted by Gasteiger charge is -1.99. The first kappa shape index (κ1) is 14.3. The summed E-state index contributed by atoms with van der Waals surface area (Å²) < 4.78 is 5.50. The minimum atomic E-state index is -0.915. The van der Waals surface area contributed by atoms with Crippen molar-refractivity contribution in [1.29, 1.82) is 0 Å². The van der Waals surface area contributed by atoms with Gasteiger partial charge in [0, 0.05) is 10.9 Å². The van der Waals surface area contributed by atoms with Gasteiger partial charge >= 0.3 is 11.7 Å². The van der Waals surface area contributed by atoms with Crippen molar-refractivity contribution in [1.82, 2.24) is 0 Å². The van der Waals surface area contributed by atoms with Gasteiger partial charge in [-0.15, -0.1) is 0 Å². The zero-order valence-corrected chi connectivity index (χ0v) is 11.3. The highest BCUT2D eigenvalue weighted by Gasteiger charge is 2.30. The molecule has 0 unspecified atom stereocenters. The minimum Gasteiger partial charge on any atom is -0.457 e. The number of esters is 1. The van der Waals surface area contributed by atoms with Crippen molar-refractivity contribution in [2.24, 2.45) is 0 Å². The fourth-order valence-electron chi connectivity index (χ4n) is 1.28. The fraction of sp³-hybridized carbons (Fsp3) is 0.250. The van der Waals surface area contributed by atoms with Crippen molar-refractivity contribution in [3.8, 4) is 0 Å². The molecule has 0 radical (unpaired) electrons. The number of carbonyl (C=O) groups excluding carboxylic acids is 2. The predicted molar refractivity (Wildman–Crippen MR) is 68.1 cm³/mol. The second kappa shape index (κ2) is 6.83. The molecule has 1 aromatic carbocycles. The third-order valence-electron chi connectivity index (χ3n) is 2.11. The molecule has 94 valence electrons. The van der Waals surface area contributed by atoms with Crippen molar-refractivity contribution in [3.63, 3.8) is 0 Å². The van der Waals surface area contributed by atoms with E-state index in [0.717, 1.165) is 4.47 Å². The molecule has 0 aromatic heterocycles. The van der Waals surface area contributed by atoms with E-state index >= 15 is 0 Å². The summed E-state index contributed by atoms with van der Waals surface area (Å²) in [4.78, 5) is 25.8. The Kier molecular flexibility index (Phi) is 5.42. The molecule has 0 heterocycles. The van der Waals surface area contributed by atoms with Crippen LogP contribution in [0.4, 0.5) is 0 Å². The summed E-state index contributed by atoms with van der Waals surface area (Å²) in [6.45, 7) is 1.72. The largest absolute Gasteiger partial charge is 0.457 e. The maximum absolute atomic E-state index is 11.7. The van der Waals surface area contributed by atoms with E-state index in [2.05, 4.69) is 25.5 Å². The van der Waals surface area contributed by atoms with Crippen LogP contribution in [0.15, 0.2) is 28.7 Å². The highest BCUT2D eigenvalue weighted by molar-refractivity contribution is 9.10. The quantitative estimate of drug-likeness (QED) is 0.273. The molecule has 0 saturated heterocycles. The lowest BCUT2D eigenvalue weighted by atomic mass is 10.1. The van der Waals surface area contributed by atoms with E-state index in [1.54, 1.807) is 31.2 Å². The maximum atomic E-state index is 11.7. The molecular weight excluding hydrogens is 300 g/mol. The Bertz CT molecular complexity index is 505. The Morgan fingerprint density at radius 3 is 2.44 bits per heavy atom. The summed E-state index contributed by atoms with van der Waals surface area (Å²) in [5.41, 5.74) is 8.81. The molecule has 0 aliphatic rings. The molecule has 1 rings (SSSR count). The van der Waals surface area contributed by atoms with Crippen LogP contribution in [0, 0.1) is 0 Å². The van der Waals surface area contributed by atoms with Gasteiger partial charge in [-0.2, -0.15) is 4.79 Å². The molecule has 1 aromatic rings. The average molecular weight is 311 g/mol. The van der Waals surface area contributed by atoms with Crippen LogP contribution in [0.1, 0.15) is 12.5 Å². The second-order valence-electron chi connectivity index (χ2n) is 3.40. The van der Waals surface area contributed by atoms with E-state index < -0.39 is 17.5 Å². The molecule has 0 amide bonds. The summed E-state index contributed by atoms with van der Waals surface area (Å²) in [5.74, 6) is -1.50. The van der Waals surface area contributed by atoms with E-state index in [0.29, 0.717) is 5.56 Å². The van der Waals surface area contributed by atoms with Gasteiger partial charge in [-0.1, -0.05) is 28.1 Å². The Morgan fingerprint density at radius 1 is 1.33 bits per heavy atom. The van der Waals surface area contributed by atoms with E-state index in [1.807, 2.05) is 0 Å². The van der Waals surface area contributed by atoms with Crippen molar-refractivity contribution in [2.75, 3.05) is 6.61 Å². The molecule has 18 heavy (non-hydrogen) atoms. The number of carbonyl (C=O) groups is 2. The van der Waals surface area contributed by atoms with Crippen molar-refractivity contribution in [2.45, 2.75) is 13.3 Å². The van der Waals surface area contributed by atoms with E-state index in [-0.39, 0.29) is 13.0 Å². The van der Waals surface area contributed by atoms with Crippen LogP contribution in [0.25, 0.3) is 5.53 Å². The number of ketones is 1. The van der Waals surface area contributed by atoms with Gasteiger partial charge in [0.15, 0.2) is 0 Å². The smallest absolute Gasteiger partial charge is 0.441 e. The second-order valence-corrected chi connectivity index (χ2v) is 4.31. The van der Waals surface area contributed by atoms with Crippen LogP contribution in [-0.2, 0) is 20.7 Å². The first-order valence-corrected chi connectivity index (χ1v) is 6.04. The monoisotopic (exact) mass is 310 g/mol. The number of halogens is 1. The number of rotatable bonds is 5. The third-order valence-corrected chi connectivity index (χ3v) is 2.64. The number of nitrogens with zero attached hydrogens (tertiary/aromatic N) is 2. The summed E-state index contributed by atoms with van der Waals surface area (Å²) >= 11 is 3.28. The zero-order valence-electron chi connectivity index (χ0n) is 9.72. The van der Waals surface area contributed by atoms with E-state index in [9.17, 15) is 9.59 Å². The number of hydrogen-bond acceptors (Lipinski definition) is 3. The summed E-state index contributed by atoms with van der Waals surface area (Å²) in [5, 5.41) is 0. The zero-order chi connectivity index (χ0) is 13.5. The Labute approximate surface area is 113 Å². The number of ether oxygens (including phenoxy) is 1. The number of benzene rings is 1. The normalized spacial score (nSPS) is 9.44. The van der Waals surface area contributed by atoms with Crippen LogP contribution in [0.2, 0.25) is 0 Å². The molecule has 0 saturated carbocycles. The number of Topliss-reactive ketones (excluding diaryl/α,β-unsaturated/α-hetero) is 1. The van der Waals surface area contributed by atoms with Crippen LogP contribution < -0.4 is 0 Å². The van der Waals surface area contributed by atoms with Crippen LogP contribution in [0.3, 0.4) is 0 Å². The topological polar surface area (TPSA) is 79.8 Å². The van der Waals surface area contributed by atoms with Gasteiger partial charge in [0.2, 0.25) is 0 Å². The number of hydrogen-bond donors (Lipinski definition) is 0. The average Bonchev–Trinajstić information content (AvgIpc) is 2.33. The molecule has 0 bridgehead atoms. The highest BCUT2D eigenvalue weighted by atomic mass is 79.9. The van der Waals surface area contributed by atoms with Crippen molar-refractivity contribution >= 4 is 33.4 Å². The third kappa shape index (κ3) is 3.91. The fourth-order valence-corrected chi connectivity index (χ4v) is 1.55. The Balaban J connectivity index is 2.78. The van der Waals surface area contributed by atoms with Gasteiger partial charge in [-0.05, 0) is 24.6 Å². The molecule has 0 aliphatic heterocycles. The summed E-state index contributed by atoms with van der Waals surface area (Å²) in [6, 6.07) is 7.04. The molecular formula is C12H11BrN2O3. The molecule has 0 aliphatic carbocycles. The molecule has 6 heteroatoms. The van der Waals surface area contributed by atoms with Gasteiger partial charge in [0.05, 0.1) is 6.61 Å². The standard InChI is InChI=1S/C12H11BrN2O3/c1-2-18-12(17)11(15-14)10(16)7-8-3-5-9(13)6-4-8/h3-6H,2,7H2,1H3. The van der Waals surface area contributed by atoms with E-state index in [4.69, 9.17) is 5.53 Å².